The molecule has 0 aliphatic rings. The van der Waals surface area contributed by atoms with Crippen molar-refractivity contribution in [3.8, 4) is 0 Å². The minimum absolute atomic E-state index is 0.0395. The molecule has 0 saturated carbocycles. The lowest BCUT2D eigenvalue weighted by Gasteiger charge is -2.22. The Labute approximate surface area is 254 Å². The van der Waals surface area contributed by atoms with E-state index in [9.17, 15) is 14.4 Å². The first-order valence-electron chi connectivity index (χ1n) is 14.0. The molecule has 11 heteroatoms. The van der Waals surface area contributed by atoms with Crippen molar-refractivity contribution in [3.63, 3.8) is 0 Å². The van der Waals surface area contributed by atoms with Crippen molar-refractivity contribution in [2.45, 2.75) is 43.7 Å². The van der Waals surface area contributed by atoms with E-state index in [2.05, 4.69) is 20.6 Å². The molecule has 7 N–H and O–H groups in total. The van der Waals surface area contributed by atoms with Gasteiger partial charge in [-0.05, 0) is 35.6 Å². The molecule has 1 heterocycles. The van der Waals surface area contributed by atoms with E-state index in [4.69, 9.17) is 16.2 Å². The number of carbonyl (C=O) groups excluding carboxylic acids is 3. The molecule has 3 aromatic carbocycles. The zero-order chi connectivity index (χ0) is 30.4. The van der Waals surface area contributed by atoms with E-state index < -0.39 is 24.1 Å². The molecule has 4 aromatic rings. The summed E-state index contributed by atoms with van der Waals surface area (Å²) in [7, 11) is 0. The van der Waals surface area contributed by atoms with Gasteiger partial charge in [-0.15, -0.1) is 0 Å². The van der Waals surface area contributed by atoms with Crippen LogP contribution in [0.25, 0.3) is 10.9 Å². The normalized spacial score (nSPS) is 12.2. The van der Waals surface area contributed by atoms with Crippen molar-refractivity contribution in [1.29, 1.82) is 0 Å². The van der Waals surface area contributed by atoms with Gasteiger partial charge in [-0.25, -0.2) is 4.79 Å². The number of aliphatic imine (C=N–C) groups is 1. The number of ether oxygens (including phenoxy) is 1. The van der Waals surface area contributed by atoms with Crippen LogP contribution in [-0.2, 0) is 33.1 Å². The average Bonchev–Trinajstić information content (AvgIpc) is 3.43. The van der Waals surface area contributed by atoms with E-state index in [-0.39, 0.29) is 24.1 Å². The Bertz CT molecular complexity index is 1520. The number of guanidine groups is 1. The second-order valence-corrected chi connectivity index (χ2v) is 10.9. The number of carbonyl (C=O) groups is 3. The van der Waals surface area contributed by atoms with E-state index in [1.165, 1.54) is 0 Å². The third-order valence-electron chi connectivity index (χ3n) is 6.69. The summed E-state index contributed by atoms with van der Waals surface area (Å²) < 4.78 is 5.41. The molecule has 224 valence electrons. The number of hydrogen-bond donors (Lipinski definition) is 5. The quantitative estimate of drug-likeness (QED) is 0.0829. The molecule has 43 heavy (non-hydrogen) atoms. The van der Waals surface area contributed by atoms with Crippen LogP contribution in [0, 0.1) is 0 Å². The lowest BCUT2D eigenvalue weighted by molar-refractivity contribution is -0.126. The van der Waals surface area contributed by atoms with Gasteiger partial charge in [0.25, 0.3) is 0 Å². The molecule has 1 aromatic heterocycles. The van der Waals surface area contributed by atoms with E-state index in [1.807, 2.05) is 91.1 Å². The Morgan fingerprint density at radius 1 is 0.860 bits per heavy atom. The van der Waals surface area contributed by atoms with Crippen LogP contribution in [0.15, 0.2) is 96.1 Å². The summed E-state index contributed by atoms with van der Waals surface area (Å²) in [6.07, 6.45) is 2.05. The number of aromatic nitrogens is 1. The fraction of sp³-hybridized carbons (Fsp3) is 0.250. The first kappa shape index (κ1) is 31.2. The molecule has 10 nitrogen and oxygen atoms in total. The van der Waals surface area contributed by atoms with Gasteiger partial charge in [0.15, 0.2) is 5.96 Å². The molecule has 0 aliphatic heterocycles. The predicted octanol–water partition coefficient (Wildman–Crippen LogP) is 4.00. The Morgan fingerprint density at radius 2 is 1.53 bits per heavy atom. The van der Waals surface area contributed by atoms with E-state index in [0.717, 1.165) is 39.4 Å². The lowest BCUT2D eigenvalue weighted by Crippen LogP contribution is -2.52. The Kier molecular flexibility index (Phi) is 11.6. The Hall–Kier alpha value is -4.77. The summed E-state index contributed by atoms with van der Waals surface area (Å²) in [4.78, 5) is 47.1. The van der Waals surface area contributed by atoms with Crippen LogP contribution in [0.2, 0.25) is 0 Å². The van der Waals surface area contributed by atoms with Gasteiger partial charge in [0.2, 0.25) is 11.0 Å². The maximum Gasteiger partial charge on any atom is 0.408 e. The average molecular weight is 601 g/mol. The topological polar surface area (TPSA) is 165 Å². The van der Waals surface area contributed by atoms with Crippen molar-refractivity contribution < 1.29 is 19.1 Å². The van der Waals surface area contributed by atoms with Crippen LogP contribution in [0.5, 0.6) is 0 Å². The van der Waals surface area contributed by atoms with Gasteiger partial charge < -0.3 is 31.8 Å². The molecule has 0 aliphatic carbocycles. The number of aromatic amines is 1. The minimum Gasteiger partial charge on any atom is -0.445 e. The van der Waals surface area contributed by atoms with Gasteiger partial charge >= 0.3 is 6.09 Å². The fourth-order valence-corrected chi connectivity index (χ4v) is 5.37. The standard InChI is InChI=1S/C32H36N6O4S/c33-31(34)35-17-9-16-27(30(40)43-21-23-12-5-2-6-13-23)37-29(39)28(18-24-19-36-26-15-8-7-14-25(24)26)38-32(41)42-20-22-10-3-1-4-11-22/h1-8,10-15,19,27-28,36H,9,16-18,20-21H2,(H,37,39)(H,38,41)(H4,33,34,35). The van der Waals surface area contributed by atoms with Crippen molar-refractivity contribution in [2.24, 2.45) is 16.5 Å². The summed E-state index contributed by atoms with van der Waals surface area (Å²) >= 11 is 1.13. The van der Waals surface area contributed by atoms with E-state index >= 15 is 0 Å². The molecule has 2 atom stereocenters. The number of rotatable bonds is 14. The highest BCUT2D eigenvalue weighted by molar-refractivity contribution is 8.13. The van der Waals surface area contributed by atoms with Crippen molar-refractivity contribution >= 4 is 45.7 Å². The number of para-hydroxylation sites is 1. The zero-order valence-corrected chi connectivity index (χ0v) is 24.5. The number of fused-ring (bicyclic) bond motifs is 1. The number of amides is 2. The molecular weight excluding hydrogens is 564 g/mol. The van der Waals surface area contributed by atoms with E-state index in [0.29, 0.717) is 25.1 Å². The number of benzene rings is 3. The number of hydrogen-bond acceptors (Lipinski definition) is 6. The van der Waals surface area contributed by atoms with Gasteiger partial charge in [0, 0.05) is 35.8 Å². The molecule has 0 saturated heterocycles. The third kappa shape index (κ3) is 9.93. The maximum absolute atomic E-state index is 13.7. The lowest BCUT2D eigenvalue weighted by atomic mass is 10.0. The van der Waals surface area contributed by atoms with Crippen LogP contribution >= 0.6 is 11.8 Å². The number of H-pyrrole nitrogens is 1. The van der Waals surface area contributed by atoms with E-state index in [1.54, 1.807) is 0 Å². The van der Waals surface area contributed by atoms with Gasteiger partial charge in [-0.2, -0.15) is 0 Å². The monoisotopic (exact) mass is 600 g/mol. The first-order valence-corrected chi connectivity index (χ1v) is 15.0. The van der Waals surface area contributed by atoms with Crippen molar-refractivity contribution in [3.05, 3.63) is 108 Å². The van der Waals surface area contributed by atoms with Gasteiger partial charge in [-0.3, -0.25) is 14.6 Å². The summed E-state index contributed by atoms with van der Waals surface area (Å²) in [5, 5.41) is 6.33. The van der Waals surface area contributed by atoms with Crippen molar-refractivity contribution in [1.82, 2.24) is 15.6 Å². The molecule has 2 unspecified atom stereocenters. The Balaban J connectivity index is 1.48. The van der Waals surface area contributed by atoms with Crippen LogP contribution in [-0.4, -0.2) is 46.7 Å². The number of alkyl carbamates (subject to hydrolysis) is 1. The molecular formula is C32H36N6O4S. The summed E-state index contributed by atoms with van der Waals surface area (Å²) in [6, 6.07) is 24.7. The second kappa shape index (κ2) is 16.0. The molecule has 2 amide bonds. The summed E-state index contributed by atoms with van der Waals surface area (Å²) in [5.74, 6) is -0.0761. The van der Waals surface area contributed by atoms with Crippen LogP contribution < -0.4 is 22.1 Å². The first-order chi connectivity index (χ1) is 20.9. The van der Waals surface area contributed by atoms with Crippen LogP contribution in [0.1, 0.15) is 29.5 Å². The number of nitrogens with one attached hydrogen (secondary N) is 3. The smallest absolute Gasteiger partial charge is 0.408 e. The van der Waals surface area contributed by atoms with Crippen LogP contribution in [0.4, 0.5) is 4.79 Å². The molecule has 4 rings (SSSR count). The highest BCUT2D eigenvalue weighted by atomic mass is 32.2. The maximum atomic E-state index is 13.7. The zero-order valence-electron chi connectivity index (χ0n) is 23.7. The number of nitrogens with two attached hydrogens (primary N) is 2. The number of thioether (sulfide) groups is 1. The van der Waals surface area contributed by atoms with Crippen LogP contribution in [0.3, 0.4) is 0 Å². The Morgan fingerprint density at radius 3 is 2.26 bits per heavy atom. The highest BCUT2D eigenvalue weighted by Gasteiger charge is 2.28. The second-order valence-electron chi connectivity index (χ2n) is 9.93. The van der Waals surface area contributed by atoms with Gasteiger partial charge in [0.05, 0.1) is 6.04 Å². The molecule has 0 fully saturated rings. The molecule has 0 bridgehead atoms. The summed E-state index contributed by atoms with van der Waals surface area (Å²) in [5.41, 5.74) is 14.5. The third-order valence-corrected chi connectivity index (χ3v) is 7.74. The molecule has 0 radical (unpaired) electrons. The number of nitrogens with zero attached hydrogens (tertiary/aromatic N) is 1. The SMILES string of the molecule is NC(N)=NCCCC(NC(=O)C(Cc1c[nH]c2ccccc12)NC(=O)OCc1ccccc1)C(=O)SCc1ccccc1. The summed E-state index contributed by atoms with van der Waals surface area (Å²) in [6.45, 7) is 0.365. The van der Waals surface area contributed by atoms with Gasteiger partial charge in [0.1, 0.15) is 12.6 Å². The van der Waals surface area contributed by atoms with Crippen molar-refractivity contribution in [2.75, 3.05) is 6.54 Å². The fourth-order valence-electron chi connectivity index (χ4n) is 4.49. The van der Waals surface area contributed by atoms with Gasteiger partial charge in [-0.1, -0.05) is 90.6 Å². The molecule has 0 spiro atoms. The minimum atomic E-state index is -1.00. The predicted molar refractivity (Wildman–Crippen MR) is 170 cm³/mol. The largest absolute Gasteiger partial charge is 0.445 e. The highest BCUT2D eigenvalue weighted by Crippen LogP contribution is 2.20.